The van der Waals surface area contributed by atoms with Gasteiger partial charge in [0.25, 0.3) is 0 Å². The first-order chi connectivity index (χ1) is 13.1. The number of carboxylic acid groups (broad SMARTS) is 1. The molecular formula is C20H16N2O4S. The van der Waals surface area contributed by atoms with Gasteiger partial charge in [-0.05, 0) is 12.0 Å². The Bertz CT molecular complexity index is 1180. The molecule has 0 amide bonds. The molecule has 2 atom stereocenters. The van der Waals surface area contributed by atoms with Crippen molar-refractivity contribution in [3.05, 3.63) is 91.9 Å². The van der Waals surface area contributed by atoms with Gasteiger partial charge >= 0.3 is 10.8 Å². The fraction of sp³-hybridized carbons (Fsp3) is 0.150. The lowest BCUT2D eigenvalue weighted by molar-refractivity contribution is 0.0694. The first kappa shape index (κ1) is 17.2. The summed E-state index contributed by atoms with van der Waals surface area (Å²) in [5, 5.41) is 9.49. The van der Waals surface area contributed by atoms with E-state index in [-0.39, 0.29) is 27.9 Å². The molecule has 0 saturated carbocycles. The molecule has 0 bridgehead atoms. The molecule has 2 N–H and O–H groups in total. The van der Waals surface area contributed by atoms with Crippen LogP contribution >= 0.6 is 11.3 Å². The van der Waals surface area contributed by atoms with Crippen LogP contribution in [0.4, 0.5) is 0 Å². The first-order valence-corrected chi connectivity index (χ1v) is 9.27. The number of fused-ring (bicyclic) bond motifs is 1. The summed E-state index contributed by atoms with van der Waals surface area (Å²) in [5.41, 5.74) is -0.00319. The average Bonchev–Trinajstić information content (AvgIpc) is 3.07. The van der Waals surface area contributed by atoms with Crippen LogP contribution in [0.1, 0.15) is 28.4 Å². The number of aromatic amines is 1. The molecule has 3 aromatic rings. The summed E-state index contributed by atoms with van der Waals surface area (Å²) in [6.07, 6.45) is 10.2. The van der Waals surface area contributed by atoms with E-state index in [0.717, 1.165) is 23.3 Å². The third kappa shape index (κ3) is 3.06. The number of thiazole rings is 1. The molecule has 2 aromatic heterocycles. The number of nitrogens with zero attached hydrogens (tertiary/aromatic N) is 1. The van der Waals surface area contributed by atoms with E-state index in [1.165, 1.54) is 6.20 Å². The second-order valence-electron chi connectivity index (χ2n) is 6.35. The van der Waals surface area contributed by atoms with Crippen molar-refractivity contribution in [1.82, 2.24) is 9.55 Å². The van der Waals surface area contributed by atoms with E-state index in [4.69, 9.17) is 0 Å². The predicted octanol–water partition coefficient (Wildman–Crippen LogP) is 3.17. The van der Waals surface area contributed by atoms with Gasteiger partial charge in [-0.3, -0.25) is 9.59 Å². The lowest BCUT2D eigenvalue weighted by Crippen LogP contribution is -2.25. The molecule has 1 aromatic carbocycles. The number of hydrogen-bond donors (Lipinski definition) is 2. The molecule has 27 heavy (non-hydrogen) atoms. The largest absolute Gasteiger partial charge is 0.477 e. The van der Waals surface area contributed by atoms with E-state index in [0.29, 0.717) is 4.83 Å². The van der Waals surface area contributed by atoms with Crippen LogP contribution in [0.25, 0.3) is 10.3 Å². The van der Waals surface area contributed by atoms with Crippen molar-refractivity contribution in [1.29, 1.82) is 0 Å². The summed E-state index contributed by atoms with van der Waals surface area (Å²) < 4.78 is 1.76. The summed E-state index contributed by atoms with van der Waals surface area (Å²) in [7, 11) is 0. The molecule has 7 heteroatoms. The average molecular weight is 380 g/mol. The van der Waals surface area contributed by atoms with Gasteiger partial charge in [0.15, 0.2) is 0 Å². The molecule has 6 nitrogen and oxygen atoms in total. The Morgan fingerprint density at radius 3 is 2.67 bits per heavy atom. The normalized spacial score (nSPS) is 17.3. The second kappa shape index (κ2) is 6.85. The SMILES string of the molecule is O=C(O)c1cn(C(c2ccccc2)C2C=CC=CC2)c2sc(=O)[nH]c2c1=O. The maximum absolute atomic E-state index is 12.5. The number of carboxylic acids is 1. The number of pyridine rings is 1. The maximum Gasteiger partial charge on any atom is 0.341 e. The summed E-state index contributed by atoms with van der Waals surface area (Å²) in [4.78, 5) is 38.6. The van der Waals surface area contributed by atoms with Crippen LogP contribution in [-0.2, 0) is 0 Å². The Hall–Kier alpha value is -3.19. The summed E-state index contributed by atoms with van der Waals surface area (Å²) in [6, 6.07) is 9.44. The molecule has 0 fully saturated rings. The van der Waals surface area contributed by atoms with Crippen LogP contribution < -0.4 is 10.3 Å². The molecule has 136 valence electrons. The van der Waals surface area contributed by atoms with Crippen LogP contribution in [0.2, 0.25) is 0 Å². The molecule has 2 unspecified atom stereocenters. The third-order valence-electron chi connectivity index (χ3n) is 4.70. The molecule has 2 heterocycles. The zero-order valence-corrected chi connectivity index (χ0v) is 15.0. The van der Waals surface area contributed by atoms with E-state index in [2.05, 4.69) is 17.1 Å². The fourth-order valence-corrected chi connectivity index (χ4v) is 4.35. The van der Waals surface area contributed by atoms with Crippen LogP contribution in [-0.4, -0.2) is 20.6 Å². The zero-order chi connectivity index (χ0) is 19.0. The van der Waals surface area contributed by atoms with Crippen molar-refractivity contribution in [2.45, 2.75) is 12.5 Å². The van der Waals surface area contributed by atoms with Gasteiger partial charge < -0.3 is 14.7 Å². The molecule has 0 saturated heterocycles. The molecular weight excluding hydrogens is 364 g/mol. The summed E-state index contributed by atoms with van der Waals surface area (Å²) >= 11 is 0.917. The van der Waals surface area contributed by atoms with Crippen LogP contribution in [0.5, 0.6) is 0 Å². The monoisotopic (exact) mass is 380 g/mol. The lowest BCUT2D eigenvalue weighted by Gasteiger charge is -2.29. The Labute approximate surface area is 157 Å². The van der Waals surface area contributed by atoms with E-state index in [1.807, 2.05) is 42.5 Å². The highest BCUT2D eigenvalue weighted by atomic mass is 32.1. The van der Waals surface area contributed by atoms with Crippen molar-refractivity contribution in [3.63, 3.8) is 0 Å². The molecule has 4 rings (SSSR count). The van der Waals surface area contributed by atoms with Gasteiger partial charge in [-0.25, -0.2) is 4.79 Å². The van der Waals surface area contributed by atoms with Gasteiger partial charge in [0.1, 0.15) is 15.9 Å². The minimum atomic E-state index is -1.31. The van der Waals surface area contributed by atoms with Crippen LogP contribution in [0, 0.1) is 5.92 Å². The molecule has 1 aliphatic carbocycles. The predicted molar refractivity (Wildman–Crippen MR) is 105 cm³/mol. The number of aromatic nitrogens is 2. The van der Waals surface area contributed by atoms with Crippen molar-refractivity contribution in [3.8, 4) is 0 Å². The minimum absolute atomic E-state index is 0.0427. The summed E-state index contributed by atoms with van der Waals surface area (Å²) in [5.74, 6) is -1.25. The van der Waals surface area contributed by atoms with Gasteiger partial charge in [-0.15, -0.1) is 0 Å². The number of hydrogen-bond acceptors (Lipinski definition) is 4. The second-order valence-corrected chi connectivity index (χ2v) is 7.31. The highest BCUT2D eigenvalue weighted by molar-refractivity contribution is 7.16. The van der Waals surface area contributed by atoms with Gasteiger partial charge in [0.05, 0.1) is 6.04 Å². The fourth-order valence-electron chi connectivity index (χ4n) is 3.50. The number of nitrogens with one attached hydrogen (secondary N) is 1. The Morgan fingerprint density at radius 2 is 2.00 bits per heavy atom. The first-order valence-electron chi connectivity index (χ1n) is 8.46. The molecule has 1 aliphatic rings. The van der Waals surface area contributed by atoms with Gasteiger partial charge in [0, 0.05) is 12.1 Å². The smallest absolute Gasteiger partial charge is 0.341 e. The van der Waals surface area contributed by atoms with Crippen molar-refractivity contribution in [2.24, 2.45) is 5.92 Å². The van der Waals surface area contributed by atoms with Crippen molar-refractivity contribution >= 4 is 27.7 Å². The van der Waals surface area contributed by atoms with Crippen LogP contribution in [0.3, 0.4) is 0 Å². The minimum Gasteiger partial charge on any atom is -0.477 e. The zero-order valence-electron chi connectivity index (χ0n) is 14.2. The van der Waals surface area contributed by atoms with E-state index >= 15 is 0 Å². The number of aromatic carboxylic acids is 1. The van der Waals surface area contributed by atoms with Crippen LogP contribution in [0.15, 0.2) is 70.4 Å². The topological polar surface area (TPSA) is 92.2 Å². The Kier molecular flexibility index (Phi) is 4.37. The quantitative estimate of drug-likeness (QED) is 0.727. The summed E-state index contributed by atoms with van der Waals surface area (Å²) in [6.45, 7) is 0. The molecule has 0 radical (unpaired) electrons. The number of rotatable bonds is 4. The number of H-pyrrole nitrogens is 1. The maximum atomic E-state index is 12.5. The highest BCUT2D eigenvalue weighted by Gasteiger charge is 2.27. The van der Waals surface area contributed by atoms with E-state index in [9.17, 15) is 19.5 Å². The lowest BCUT2D eigenvalue weighted by atomic mass is 9.87. The number of carbonyl (C=O) groups is 1. The van der Waals surface area contributed by atoms with E-state index in [1.54, 1.807) is 4.57 Å². The van der Waals surface area contributed by atoms with Crippen molar-refractivity contribution < 1.29 is 9.90 Å². The van der Waals surface area contributed by atoms with E-state index < -0.39 is 11.4 Å². The number of allylic oxidation sites excluding steroid dienone is 4. The highest BCUT2D eigenvalue weighted by Crippen LogP contribution is 2.34. The van der Waals surface area contributed by atoms with Gasteiger partial charge in [-0.1, -0.05) is 66.0 Å². The third-order valence-corrected chi connectivity index (χ3v) is 5.59. The Morgan fingerprint density at radius 1 is 1.22 bits per heavy atom. The molecule has 0 spiro atoms. The van der Waals surface area contributed by atoms with Gasteiger partial charge in [0.2, 0.25) is 5.43 Å². The number of benzene rings is 1. The van der Waals surface area contributed by atoms with Crippen molar-refractivity contribution in [2.75, 3.05) is 0 Å². The molecule has 0 aliphatic heterocycles. The standard InChI is InChI=1S/C20H16N2O4S/c23-17-14(19(24)25)11-22(18-15(17)21-20(26)27-18)16(12-7-3-1-4-8-12)13-9-5-2-6-10-13/h1-9,11,13,16H,10H2,(H,21,26)(H,24,25). The van der Waals surface area contributed by atoms with Gasteiger partial charge in [-0.2, -0.15) is 0 Å². The Balaban J connectivity index is 2.04.